The van der Waals surface area contributed by atoms with Crippen molar-refractivity contribution in [3.8, 4) is 5.75 Å². The van der Waals surface area contributed by atoms with Crippen molar-refractivity contribution in [2.24, 2.45) is 0 Å². The molecule has 2 nitrogen and oxygen atoms in total. The molecule has 0 aliphatic heterocycles. The van der Waals surface area contributed by atoms with Crippen LogP contribution in [0.2, 0.25) is 0 Å². The fourth-order valence-corrected chi connectivity index (χ4v) is 4.25. The Kier molecular flexibility index (Phi) is 8.44. The number of alkyl halides is 3. The van der Waals surface area contributed by atoms with Crippen LogP contribution in [0.3, 0.4) is 0 Å². The Morgan fingerprint density at radius 3 is 2.00 bits per heavy atom. The monoisotopic (exact) mass is 514 g/mol. The average Bonchev–Trinajstić information content (AvgIpc) is 2.87. The highest BCUT2D eigenvalue weighted by Crippen LogP contribution is 2.26. The van der Waals surface area contributed by atoms with Crippen LogP contribution >= 0.6 is 0 Å². The quantitative estimate of drug-likeness (QED) is 0.201. The van der Waals surface area contributed by atoms with Crippen LogP contribution in [0.4, 0.5) is 22.0 Å². The van der Waals surface area contributed by atoms with E-state index in [4.69, 9.17) is 4.74 Å². The van der Waals surface area contributed by atoms with Gasteiger partial charge in [0.05, 0.1) is 6.61 Å². The Labute approximate surface area is 212 Å². The summed E-state index contributed by atoms with van der Waals surface area (Å²) in [4.78, 5) is 0. The minimum absolute atomic E-state index is 0.316. The lowest BCUT2D eigenvalue weighted by Crippen LogP contribution is -2.19. The predicted molar refractivity (Wildman–Crippen MR) is 134 cm³/mol. The summed E-state index contributed by atoms with van der Waals surface area (Å²) in [6, 6.07) is 21.4. The van der Waals surface area contributed by atoms with Crippen LogP contribution < -0.4 is 4.74 Å². The molecule has 4 aromatic carbocycles. The second-order valence-corrected chi connectivity index (χ2v) is 9.01. The lowest BCUT2D eigenvalue weighted by Gasteiger charge is -2.11. The fraction of sp³-hybridized carbons (Fsp3) is 0.267. The van der Waals surface area contributed by atoms with Crippen molar-refractivity contribution in [1.29, 1.82) is 0 Å². The summed E-state index contributed by atoms with van der Waals surface area (Å²) in [7, 11) is 1.67. The van der Waals surface area contributed by atoms with Gasteiger partial charge in [0.2, 0.25) is 0 Å². The first-order valence-corrected chi connectivity index (χ1v) is 12.0. The SMILES string of the molecule is COCc1ccc(CCc2ccc3c(F)c(CCc4ccc(OCC(F)(F)F)c(F)c4)ccc3c2)cc1. The molecule has 0 spiro atoms. The van der Waals surface area contributed by atoms with Crippen molar-refractivity contribution in [1.82, 2.24) is 0 Å². The molecule has 0 fully saturated rings. The minimum Gasteiger partial charge on any atom is -0.481 e. The Morgan fingerprint density at radius 1 is 0.676 bits per heavy atom. The van der Waals surface area contributed by atoms with E-state index in [2.05, 4.69) is 29.0 Å². The van der Waals surface area contributed by atoms with Gasteiger partial charge in [-0.25, -0.2) is 8.78 Å². The molecule has 0 aromatic heterocycles. The maximum atomic E-state index is 15.2. The Balaban J connectivity index is 1.38. The first kappa shape index (κ1) is 26.6. The van der Waals surface area contributed by atoms with Gasteiger partial charge in [-0.05, 0) is 71.0 Å². The number of rotatable bonds is 10. The third-order valence-electron chi connectivity index (χ3n) is 6.21. The van der Waals surface area contributed by atoms with Crippen LogP contribution in [0.25, 0.3) is 10.8 Å². The second kappa shape index (κ2) is 11.7. The van der Waals surface area contributed by atoms with Crippen molar-refractivity contribution >= 4 is 10.8 Å². The standard InChI is InChI=1S/C30H27F5O2/c1-36-18-23-6-3-20(4-7-23)2-5-21-9-14-26-25(16-21)13-12-24(29(26)32)11-8-22-10-15-28(27(31)17-22)37-19-30(33,34)35/h3-4,6-7,9-10,12-17H,2,5,8,11,18-19H2,1H3. The van der Waals surface area contributed by atoms with Gasteiger partial charge >= 0.3 is 6.18 Å². The third-order valence-corrected chi connectivity index (χ3v) is 6.21. The lowest BCUT2D eigenvalue weighted by atomic mass is 9.97. The second-order valence-electron chi connectivity index (χ2n) is 9.01. The number of ether oxygens (including phenoxy) is 2. The lowest BCUT2D eigenvalue weighted by molar-refractivity contribution is -0.153. The average molecular weight is 515 g/mol. The van der Waals surface area contributed by atoms with Crippen molar-refractivity contribution in [3.05, 3.63) is 112 Å². The number of halogens is 5. The number of fused-ring (bicyclic) bond motifs is 1. The number of hydrogen-bond acceptors (Lipinski definition) is 2. The van der Waals surface area contributed by atoms with Gasteiger partial charge in [0.1, 0.15) is 5.82 Å². The van der Waals surface area contributed by atoms with E-state index < -0.39 is 24.3 Å². The zero-order valence-corrected chi connectivity index (χ0v) is 20.4. The van der Waals surface area contributed by atoms with Gasteiger partial charge < -0.3 is 9.47 Å². The molecule has 0 amide bonds. The number of benzene rings is 4. The molecule has 0 aliphatic carbocycles. The van der Waals surface area contributed by atoms with Gasteiger partial charge in [-0.2, -0.15) is 13.2 Å². The van der Waals surface area contributed by atoms with Gasteiger partial charge in [-0.3, -0.25) is 0 Å². The number of hydrogen-bond donors (Lipinski definition) is 0. The largest absolute Gasteiger partial charge is 0.481 e. The summed E-state index contributed by atoms with van der Waals surface area (Å²) < 4.78 is 75.8. The van der Waals surface area contributed by atoms with Gasteiger partial charge in [-0.15, -0.1) is 0 Å². The van der Waals surface area contributed by atoms with Crippen LogP contribution in [0.1, 0.15) is 27.8 Å². The minimum atomic E-state index is -4.55. The van der Waals surface area contributed by atoms with Crippen LogP contribution in [0.15, 0.2) is 72.8 Å². The molecule has 194 valence electrons. The molecule has 4 rings (SSSR count). The van der Waals surface area contributed by atoms with Crippen LogP contribution in [0, 0.1) is 11.6 Å². The molecule has 37 heavy (non-hydrogen) atoms. The Bertz CT molecular complexity index is 1350. The maximum Gasteiger partial charge on any atom is 0.422 e. The van der Waals surface area contributed by atoms with E-state index in [1.54, 1.807) is 19.2 Å². The molecule has 0 N–H and O–H groups in total. The van der Waals surface area contributed by atoms with Crippen molar-refractivity contribution in [2.45, 2.75) is 38.5 Å². The Hall–Kier alpha value is -3.45. The highest BCUT2D eigenvalue weighted by Gasteiger charge is 2.29. The highest BCUT2D eigenvalue weighted by molar-refractivity contribution is 5.84. The van der Waals surface area contributed by atoms with E-state index >= 15 is 4.39 Å². The zero-order valence-electron chi connectivity index (χ0n) is 20.4. The Morgan fingerprint density at radius 2 is 1.30 bits per heavy atom. The first-order chi connectivity index (χ1) is 17.7. The van der Waals surface area contributed by atoms with Crippen LogP contribution in [-0.2, 0) is 37.0 Å². The molecular formula is C30H27F5O2. The summed E-state index contributed by atoms with van der Waals surface area (Å²) >= 11 is 0. The summed E-state index contributed by atoms with van der Waals surface area (Å²) in [5.41, 5.74) is 4.50. The third kappa shape index (κ3) is 7.29. The first-order valence-electron chi connectivity index (χ1n) is 12.0. The van der Waals surface area contributed by atoms with Gasteiger partial charge in [0.25, 0.3) is 0 Å². The summed E-state index contributed by atoms with van der Waals surface area (Å²) in [5.74, 6) is -1.65. The van der Waals surface area contributed by atoms with Crippen LogP contribution in [0.5, 0.6) is 5.75 Å². The molecule has 0 saturated carbocycles. The van der Waals surface area contributed by atoms with Gasteiger partial charge in [0, 0.05) is 12.5 Å². The number of aryl methyl sites for hydroxylation is 4. The molecule has 0 heterocycles. The molecule has 4 aromatic rings. The molecule has 0 saturated heterocycles. The summed E-state index contributed by atoms with van der Waals surface area (Å²) in [5, 5.41) is 1.33. The maximum absolute atomic E-state index is 15.2. The molecule has 7 heteroatoms. The van der Waals surface area contributed by atoms with E-state index in [-0.39, 0.29) is 5.82 Å². The normalized spacial score (nSPS) is 11.7. The van der Waals surface area contributed by atoms with Crippen molar-refractivity contribution in [2.75, 3.05) is 13.7 Å². The van der Waals surface area contributed by atoms with E-state index in [0.29, 0.717) is 36.0 Å². The van der Waals surface area contributed by atoms with E-state index in [1.807, 2.05) is 18.2 Å². The summed E-state index contributed by atoms with van der Waals surface area (Å²) in [6.45, 7) is -0.975. The molecule has 0 aliphatic rings. The van der Waals surface area contributed by atoms with E-state index in [0.717, 1.165) is 35.4 Å². The molecular weight excluding hydrogens is 487 g/mol. The fourth-order valence-electron chi connectivity index (χ4n) is 4.25. The smallest absolute Gasteiger partial charge is 0.422 e. The molecule has 0 bridgehead atoms. The molecule has 0 radical (unpaired) electrons. The van der Waals surface area contributed by atoms with Crippen molar-refractivity contribution in [3.63, 3.8) is 0 Å². The highest BCUT2D eigenvalue weighted by atomic mass is 19.4. The molecule has 0 unspecified atom stereocenters. The molecule has 0 atom stereocenters. The zero-order chi connectivity index (χ0) is 26.4. The van der Waals surface area contributed by atoms with E-state index in [1.165, 1.54) is 17.7 Å². The van der Waals surface area contributed by atoms with Gasteiger partial charge in [0.15, 0.2) is 18.2 Å². The van der Waals surface area contributed by atoms with E-state index in [9.17, 15) is 17.6 Å². The predicted octanol–water partition coefficient (Wildman–Crippen LogP) is 7.78. The van der Waals surface area contributed by atoms with Gasteiger partial charge in [-0.1, -0.05) is 60.7 Å². The van der Waals surface area contributed by atoms with Crippen molar-refractivity contribution < 1.29 is 31.4 Å². The van der Waals surface area contributed by atoms with Crippen LogP contribution in [-0.4, -0.2) is 19.9 Å². The number of methoxy groups -OCH3 is 1. The summed E-state index contributed by atoms with van der Waals surface area (Å²) in [6.07, 6.45) is -2.19. The topological polar surface area (TPSA) is 18.5 Å².